The molecule has 0 amide bonds. The first-order chi connectivity index (χ1) is 9.94. The second-order valence-electron chi connectivity index (χ2n) is 4.77. The molecule has 1 fully saturated rings. The molecule has 2 N–H and O–H groups in total. The van der Waals surface area contributed by atoms with E-state index in [1.807, 2.05) is 11.8 Å². The zero-order chi connectivity index (χ0) is 15.5. The minimum absolute atomic E-state index is 0.0306. The summed E-state index contributed by atoms with van der Waals surface area (Å²) in [6.07, 6.45) is 1.01. The quantitative estimate of drug-likeness (QED) is 0.607. The third kappa shape index (κ3) is 3.86. The Morgan fingerprint density at radius 2 is 2.24 bits per heavy atom. The van der Waals surface area contributed by atoms with Crippen LogP contribution in [0.5, 0.6) is 0 Å². The molecular formula is C12H17N3O4S2. The monoisotopic (exact) mass is 331 g/mol. The van der Waals surface area contributed by atoms with Gasteiger partial charge in [-0.2, -0.15) is 11.8 Å². The number of nitro benzene ring substituents is 1. The summed E-state index contributed by atoms with van der Waals surface area (Å²) in [6.45, 7) is 0.404. The Morgan fingerprint density at radius 1 is 1.48 bits per heavy atom. The fourth-order valence-electron chi connectivity index (χ4n) is 2.10. The van der Waals surface area contributed by atoms with Gasteiger partial charge in [-0.05, 0) is 36.0 Å². The summed E-state index contributed by atoms with van der Waals surface area (Å²) >= 11 is 1.82. The Balaban J connectivity index is 2.17. The highest BCUT2D eigenvalue weighted by atomic mass is 32.2. The Morgan fingerprint density at radius 3 is 2.81 bits per heavy atom. The van der Waals surface area contributed by atoms with E-state index in [-0.39, 0.29) is 16.3 Å². The highest BCUT2D eigenvalue weighted by Gasteiger charge is 2.22. The number of thioether (sulfide) groups is 1. The molecule has 1 heterocycles. The first-order valence-electron chi connectivity index (χ1n) is 6.47. The fourth-order valence-corrected chi connectivity index (χ4v) is 4.52. The zero-order valence-electron chi connectivity index (χ0n) is 11.5. The van der Waals surface area contributed by atoms with Crippen molar-refractivity contribution in [3.63, 3.8) is 0 Å². The molecule has 1 aliphatic heterocycles. The average molecular weight is 331 g/mol. The van der Waals surface area contributed by atoms with Gasteiger partial charge in [-0.3, -0.25) is 10.1 Å². The number of nitrogens with zero attached hydrogens (tertiary/aromatic N) is 1. The van der Waals surface area contributed by atoms with Gasteiger partial charge in [-0.25, -0.2) is 13.1 Å². The van der Waals surface area contributed by atoms with Crippen LogP contribution in [0.15, 0.2) is 23.1 Å². The SMILES string of the molecule is CNc1cc(S(=O)(=O)NCC2CCSC2)ccc1[N+](=O)[O-]. The van der Waals surface area contributed by atoms with Crippen LogP contribution in [0.1, 0.15) is 6.42 Å². The van der Waals surface area contributed by atoms with Gasteiger partial charge in [0.05, 0.1) is 9.82 Å². The van der Waals surface area contributed by atoms with Crippen molar-refractivity contribution in [3.8, 4) is 0 Å². The minimum Gasteiger partial charge on any atom is -0.383 e. The lowest BCUT2D eigenvalue weighted by Gasteiger charge is -2.11. The molecule has 116 valence electrons. The maximum Gasteiger partial charge on any atom is 0.292 e. The molecule has 0 bridgehead atoms. The molecule has 9 heteroatoms. The third-order valence-corrected chi connectivity index (χ3v) is 5.98. The number of hydrogen-bond donors (Lipinski definition) is 2. The van der Waals surface area contributed by atoms with Crippen LogP contribution < -0.4 is 10.0 Å². The van der Waals surface area contributed by atoms with Crippen LogP contribution in [0.3, 0.4) is 0 Å². The van der Waals surface area contributed by atoms with Gasteiger partial charge in [0.25, 0.3) is 5.69 Å². The second kappa shape index (κ2) is 6.63. The van der Waals surface area contributed by atoms with E-state index in [4.69, 9.17) is 0 Å². The predicted octanol–water partition coefficient (Wildman–Crippen LogP) is 1.67. The Bertz CT molecular complexity index is 627. The summed E-state index contributed by atoms with van der Waals surface area (Å²) in [5.41, 5.74) is 0.0305. The smallest absolute Gasteiger partial charge is 0.292 e. The van der Waals surface area contributed by atoms with Crippen LogP contribution in [0.4, 0.5) is 11.4 Å². The van der Waals surface area contributed by atoms with Gasteiger partial charge in [0.1, 0.15) is 5.69 Å². The molecule has 1 atom stereocenters. The highest BCUT2D eigenvalue weighted by Crippen LogP contribution is 2.27. The number of rotatable bonds is 6. The Hall–Kier alpha value is -1.32. The molecule has 0 aliphatic carbocycles. The molecule has 1 aromatic carbocycles. The lowest BCUT2D eigenvalue weighted by Crippen LogP contribution is -2.29. The van der Waals surface area contributed by atoms with Gasteiger partial charge in [0.2, 0.25) is 10.0 Å². The average Bonchev–Trinajstić information content (AvgIpc) is 2.97. The van der Waals surface area contributed by atoms with Gasteiger partial charge in [0.15, 0.2) is 0 Å². The van der Waals surface area contributed by atoms with Crippen LogP contribution >= 0.6 is 11.8 Å². The lowest BCUT2D eigenvalue weighted by atomic mass is 10.1. The Labute approximate surface area is 127 Å². The predicted molar refractivity (Wildman–Crippen MR) is 83.3 cm³/mol. The van der Waals surface area contributed by atoms with Gasteiger partial charge in [0, 0.05) is 19.7 Å². The van der Waals surface area contributed by atoms with Crippen LogP contribution in [0.2, 0.25) is 0 Å². The van der Waals surface area contributed by atoms with Crippen LogP contribution in [-0.2, 0) is 10.0 Å². The van der Waals surface area contributed by atoms with E-state index in [9.17, 15) is 18.5 Å². The van der Waals surface area contributed by atoms with Crippen LogP contribution in [0.25, 0.3) is 0 Å². The van der Waals surface area contributed by atoms with E-state index in [0.29, 0.717) is 12.5 Å². The summed E-state index contributed by atoms with van der Waals surface area (Å²) < 4.78 is 27.0. The number of anilines is 1. The van der Waals surface area contributed by atoms with E-state index in [0.717, 1.165) is 17.9 Å². The zero-order valence-corrected chi connectivity index (χ0v) is 13.2. The molecule has 0 radical (unpaired) electrons. The minimum atomic E-state index is -3.64. The van der Waals surface area contributed by atoms with Gasteiger partial charge in [-0.1, -0.05) is 0 Å². The van der Waals surface area contributed by atoms with Crippen molar-refractivity contribution in [1.29, 1.82) is 0 Å². The van der Waals surface area contributed by atoms with Crippen molar-refractivity contribution in [2.24, 2.45) is 5.92 Å². The van der Waals surface area contributed by atoms with E-state index >= 15 is 0 Å². The van der Waals surface area contributed by atoms with Gasteiger partial charge in [-0.15, -0.1) is 0 Å². The summed E-state index contributed by atoms with van der Waals surface area (Å²) in [6, 6.07) is 3.74. The number of nitrogens with one attached hydrogen (secondary N) is 2. The number of hydrogen-bond acceptors (Lipinski definition) is 6. The molecule has 0 spiro atoms. The third-order valence-electron chi connectivity index (χ3n) is 3.33. The normalized spacial score (nSPS) is 18.6. The molecule has 0 aromatic heterocycles. The Kier molecular flexibility index (Phi) is 5.07. The number of nitro groups is 1. The van der Waals surface area contributed by atoms with Crippen molar-refractivity contribution in [2.75, 3.05) is 30.4 Å². The molecule has 21 heavy (non-hydrogen) atoms. The maximum atomic E-state index is 12.2. The molecular weight excluding hydrogens is 314 g/mol. The lowest BCUT2D eigenvalue weighted by molar-refractivity contribution is -0.384. The molecule has 1 unspecified atom stereocenters. The topological polar surface area (TPSA) is 101 Å². The highest BCUT2D eigenvalue weighted by molar-refractivity contribution is 7.99. The molecule has 0 saturated carbocycles. The van der Waals surface area contributed by atoms with E-state index in [1.54, 1.807) is 0 Å². The summed E-state index contributed by atoms with van der Waals surface area (Å²) in [7, 11) is -2.13. The molecule has 7 nitrogen and oxygen atoms in total. The second-order valence-corrected chi connectivity index (χ2v) is 7.68. The van der Waals surface area contributed by atoms with E-state index in [1.165, 1.54) is 25.2 Å². The van der Waals surface area contributed by atoms with Gasteiger partial charge >= 0.3 is 0 Å². The van der Waals surface area contributed by atoms with E-state index < -0.39 is 14.9 Å². The molecule has 2 rings (SSSR count). The van der Waals surface area contributed by atoms with Crippen molar-refractivity contribution in [1.82, 2.24) is 4.72 Å². The van der Waals surface area contributed by atoms with E-state index in [2.05, 4.69) is 10.0 Å². The molecule has 1 aromatic rings. The van der Waals surface area contributed by atoms with Crippen molar-refractivity contribution < 1.29 is 13.3 Å². The van der Waals surface area contributed by atoms with Crippen molar-refractivity contribution in [3.05, 3.63) is 28.3 Å². The van der Waals surface area contributed by atoms with Crippen LogP contribution in [0, 0.1) is 16.0 Å². The van der Waals surface area contributed by atoms with Crippen LogP contribution in [-0.4, -0.2) is 38.4 Å². The number of benzene rings is 1. The molecule has 1 aliphatic rings. The van der Waals surface area contributed by atoms with Crippen molar-refractivity contribution >= 4 is 33.2 Å². The standard InChI is InChI=1S/C12H17N3O4S2/c1-13-11-6-10(2-3-12(11)15(16)17)21(18,19)14-7-9-4-5-20-8-9/h2-3,6,9,13-14H,4-5,7-8H2,1H3. The first-order valence-corrected chi connectivity index (χ1v) is 9.11. The fraction of sp³-hybridized carbons (Fsp3) is 0.500. The summed E-state index contributed by atoms with van der Waals surface area (Å²) in [5.74, 6) is 2.38. The maximum absolute atomic E-state index is 12.2. The largest absolute Gasteiger partial charge is 0.383 e. The molecule has 1 saturated heterocycles. The number of sulfonamides is 1. The van der Waals surface area contributed by atoms with Gasteiger partial charge < -0.3 is 5.32 Å². The summed E-state index contributed by atoms with van der Waals surface area (Å²) in [5, 5.41) is 13.5. The van der Waals surface area contributed by atoms with Crippen molar-refractivity contribution in [2.45, 2.75) is 11.3 Å². The first kappa shape index (κ1) is 16.1. The summed E-state index contributed by atoms with van der Waals surface area (Å²) in [4.78, 5) is 10.3.